The highest BCUT2D eigenvalue weighted by Crippen LogP contribution is 2.05. The molecule has 4 nitrogen and oxygen atoms in total. The number of carbonyl (C=O) groups is 2. The number of aliphatic hydroxyl groups is 1. The van der Waals surface area contributed by atoms with Crippen LogP contribution in [0.2, 0.25) is 0 Å². The van der Waals surface area contributed by atoms with Crippen LogP contribution in [0.15, 0.2) is 0 Å². The Bertz CT molecular complexity index is 188. The van der Waals surface area contributed by atoms with Crippen molar-refractivity contribution < 1.29 is 19.4 Å². The normalized spacial score (nSPS) is 15.1. The molecule has 0 aromatic carbocycles. The molecule has 0 saturated carbocycles. The lowest BCUT2D eigenvalue weighted by molar-refractivity contribution is -0.147. The van der Waals surface area contributed by atoms with Crippen LogP contribution in [0.25, 0.3) is 0 Å². The first kappa shape index (κ1) is 12.3. The molecule has 4 heteroatoms. The third-order valence-electron chi connectivity index (χ3n) is 1.72. The zero-order valence-corrected chi connectivity index (χ0v) is 8.24. The number of aliphatic hydroxyl groups excluding tert-OH is 1. The van der Waals surface area contributed by atoms with Gasteiger partial charge >= 0.3 is 0 Å². The summed E-state index contributed by atoms with van der Waals surface area (Å²) in [7, 11) is 0. The molecule has 0 saturated heterocycles. The minimum atomic E-state index is -0.993. The summed E-state index contributed by atoms with van der Waals surface area (Å²) in [5.74, 6) is -1.23. The fourth-order valence-corrected chi connectivity index (χ4v) is 0.955. The molecule has 0 amide bonds. The second kappa shape index (κ2) is 5.83. The summed E-state index contributed by atoms with van der Waals surface area (Å²) in [6.07, 6.45) is -1.49. The van der Waals surface area contributed by atoms with Crippen molar-refractivity contribution >= 4 is 11.6 Å². The van der Waals surface area contributed by atoms with Crippen LogP contribution < -0.4 is 0 Å². The van der Waals surface area contributed by atoms with Crippen molar-refractivity contribution in [3.63, 3.8) is 0 Å². The van der Waals surface area contributed by atoms with Crippen LogP contribution in [0.1, 0.15) is 27.2 Å². The fraction of sp³-hybridized carbons (Fsp3) is 0.778. The average Bonchev–Trinajstić information content (AvgIpc) is 2.11. The minimum Gasteiger partial charge on any atom is -0.390 e. The van der Waals surface area contributed by atoms with Gasteiger partial charge in [0.25, 0.3) is 0 Å². The summed E-state index contributed by atoms with van der Waals surface area (Å²) < 4.78 is 5.00. The van der Waals surface area contributed by atoms with E-state index in [1.54, 1.807) is 13.8 Å². The van der Waals surface area contributed by atoms with Gasteiger partial charge in [0.1, 0.15) is 6.10 Å². The van der Waals surface area contributed by atoms with Crippen LogP contribution in [0, 0.1) is 0 Å². The summed E-state index contributed by atoms with van der Waals surface area (Å²) in [5.41, 5.74) is 0. The summed E-state index contributed by atoms with van der Waals surface area (Å²) in [4.78, 5) is 21.9. The molecule has 0 aromatic rings. The molecule has 0 aliphatic heterocycles. The van der Waals surface area contributed by atoms with Crippen LogP contribution in [0.3, 0.4) is 0 Å². The molecule has 13 heavy (non-hydrogen) atoms. The molecule has 0 heterocycles. The Morgan fingerprint density at radius 3 is 2.23 bits per heavy atom. The monoisotopic (exact) mass is 188 g/mol. The van der Waals surface area contributed by atoms with Crippen LogP contribution in [-0.2, 0) is 14.3 Å². The maximum atomic E-state index is 11.2. The number of ether oxygens (including phenoxy) is 1. The lowest BCUT2D eigenvalue weighted by Crippen LogP contribution is -2.39. The van der Waals surface area contributed by atoms with Gasteiger partial charge in [-0.25, -0.2) is 0 Å². The Kier molecular flexibility index (Phi) is 5.50. The largest absolute Gasteiger partial charge is 0.390 e. The highest BCUT2D eigenvalue weighted by Gasteiger charge is 2.28. The molecule has 0 radical (unpaired) electrons. The summed E-state index contributed by atoms with van der Waals surface area (Å²) in [5, 5.41) is 9.37. The molecule has 1 N–H and O–H groups in total. The molecule has 0 aromatic heterocycles. The van der Waals surface area contributed by atoms with E-state index in [1.165, 1.54) is 6.92 Å². The van der Waals surface area contributed by atoms with Gasteiger partial charge in [0.2, 0.25) is 5.78 Å². The van der Waals surface area contributed by atoms with Gasteiger partial charge in [-0.2, -0.15) is 0 Å². The van der Waals surface area contributed by atoms with E-state index in [0.717, 1.165) is 0 Å². The molecule has 0 bridgehead atoms. The van der Waals surface area contributed by atoms with Crippen molar-refractivity contribution in [3.05, 3.63) is 0 Å². The maximum absolute atomic E-state index is 11.2. The van der Waals surface area contributed by atoms with E-state index in [1.807, 2.05) is 0 Å². The van der Waals surface area contributed by atoms with E-state index in [4.69, 9.17) is 4.74 Å². The van der Waals surface area contributed by atoms with Gasteiger partial charge in [-0.3, -0.25) is 9.59 Å². The first-order valence-corrected chi connectivity index (χ1v) is 4.39. The van der Waals surface area contributed by atoms with Crippen LogP contribution in [-0.4, -0.2) is 35.5 Å². The number of Topliss-reactive ketones (excluding diaryl/α,β-unsaturated/α-hetero) is 2. The van der Waals surface area contributed by atoms with Crippen molar-refractivity contribution in [1.82, 2.24) is 0 Å². The Hall–Kier alpha value is -0.740. The molecule has 0 fully saturated rings. The third-order valence-corrected chi connectivity index (χ3v) is 1.72. The van der Waals surface area contributed by atoms with Crippen LogP contribution >= 0.6 is 0 Å². The zero-order valence-electron chi connectivity index (χ0n) is 8.24. The lowest BCUT2D eigenvalue weighted by atomic mass is 10.0. The Balaban J connectivity index is 4.40. The van der Waals surface area contributed by atoms with Gasteiger partial charge in [-0.05, 0) is 13.3 Å². The molecule has 2 unspecified atom stereocenters. The second-order valence-electron chi connectivity index (χ2n) is 2.77. The van der Waals surface area contributed by atoms with E-state index in [-0.39, 0.29) is 0 Å². The highest BCUT2D eigenvalue weighted by molar-refractivity contribution is 6.38. The molecule has 76 valence electrons. The SMILES string of the molecule is CCOC(C(=O)C(C)=O)C(O)CC. The standard InChI is InChI=1S/C9H16O4/c1-4-7(11)9(13-5-2)8(12)6(3)10/h7,9,11H,4-5H2,1-3H3. The fourth-order valence-electron chi connectivity index (χ4n) is 0.955. The smallest absolute Gasteiger partial charge is 0.229 e. The highest BCUT2D eigenvalue weighted by atomic mass is 16.5. The summed E-state index contributed by atoms with van der Waals surface area (Å²) in [6, 6.07) is 0. The van der Waals surface area contributed by atoms with Gasteiger partial charge in [0, 0.05) is 13.5 Å². The lowest BCUT2D eigenvalue weighted by Gasteiger charge is -2.18. The van der Waals surface area contributed by atoms with E-state index >= 15 is 0 Å². The number of hydrogen-bond donors (Lipinski definition) is 1. The minimum absolute atomic E-state index is 0.306. The van der Waals surface area contributed by atoms with Crippen molar-refractivity contribution in [2.24, 2.45) is 0 Å². The van der Waals surface area contributed by atoms with Crippen LogP contribution in [0.4, 0.5) is 0 Å². The number of ketones is 2. The molecule has 0 rings (SSSR count). The van der Waals surface area contributed by atoms with Crippen molar-refractivity contribution in [2.75, 3.05) is 6.61 Å². The van der Waals surface area contributed by atoms with Crippen molar-refractivity contribution in [3.8, 4) is 0 Å². The zero-order chi connectivity index (χ0) is 10.4. The van der Waals surface area contributed by atoms with E-state index in [9.17, 15) is 14.7 Å². The van der Waals surface area contributed by atoms with Gasteiger partial charge < -0.3 is 9.84 Å². The first-order chi connectivity index (χ1) is 6.04. The predicted octanol–water partition coefficient (Wildman–Crippen LogP) is 0.320. The molecule has 0 aliphatic carbocycles. The molecule has 0 spiro atoms. The maximum Gasteiger partial charge on any atom is 0.229 e. The van der Waals surface area contributed by atoms with Crippen molar-refractivity contribution in [2.45, 2.75) is 39.4 Å². The number of rotatable bonds is 6. The Morgan fingerprint density at radius 2 is 1.92 bits per heavy atom. The topological polar surface area (TPSA) is 63.6 Å². The summed E-state index contributed by atoms with van der Waals surface area (Å²) >= 11 is 0. The van der Waals surface area contributed by atoms with E-state index in [0.29, 0.717) is 13.0 Å². The molecule has 2 atom stereocenters. The van der Waals surface area contributed by atoms with Gasteiger partial charge in [0.05, 0.1) is 6.10 Å². The van der Waals surface area contributed by atoms with E-state index < -0.39 is 23.8 Å². The number of hydrogen-bond acceptors (Lipinski definition) is 4. The molecule has 0 aliphatic rings. The van der Waals surface area contributed by atoms with Crippen molar-refractivity contribution in [1.29, 1.82) is 0 Å². The third kappa shape index (κ3) is 3.65. The Morgan fingerprint density at radius 1 is 1.38 bits per heavy atom. The quantitative estimate of drug-likeness (QED) is 0.610. The first-order valence-electron chi connectivity index (χ1n) is 4.39. The van der Waals surface area contributed by atoms with Crippen LogP contribution in [0.5, 0.6) is 0 Å². The Labute approximate surface area is 77.9 Å². The predicted molar refractivity (Wildman–Crippen MR) is 47.4 cm³/mol. The van der Waals surface area contributed by atoms with E-state index in [2.05, 4.69) is 0 Å². The second-order valence-corrected chi connectivity index (χ2v) is 2.77. The van der Waals surface area contributed by atoms with Gasteiger partial charge in [-0.15, -0.1) is 0 Å². The average molecular weight is 188 g/mol. The molecular formula is C9H16O4. The summed E-state index contributed by atoms with van der Waals surface area (Å²) in [6.45, 7) is 4.92. The number of carbonyl (C=O) groups excluding carboxylic acids is 2. The molecular weight excluding hydrogens is 172 g/mol. The van der Waals surface area contributed by atoms with Gasteiger partial charge in [0.15, 0.2) is 5.78 Å². The van der Waals surface area contributed by atoms with Gasteiger partial charge in [-0.1, -0.05) is 6.92 Å².